The van der Waals surface area contributed by atoms with Gasteiger partial charge in [-0.1, -0.05) is 13.3 Å². The van der Waals surface area contributed by atoms with Crippen LogP contribution in [0, 0.1) is 5.92 Å². The van der Waals surface area contributed by atoms with E-state index in [1.54, 1.807) is 0 Å². The van der Waals surface area contributed by atoms with Crippen LogP contribution in [0.3, 0.4) is 0 Å². The molecule has 4 unspecified atom stereocenters. The summed E-state index contributed by atoms with van der Waals surface area (Å²) in [5, 5.41) is 9.69. The Morgan fingerprint density at radius 3 is 2.79 bits per heavy atom. The van der Waals surface area contributed by atoms with E-state index in [0.29, 0.717) is 0 Å². The fourth-order valence-electron chi connectivity index (χ4n) is 4.03. The Bertz CT molecular complexity index is 274. The number of nitrogens with zero attached hydrogens (tertiary/aromatic N) is 2. The van der Waals surface area contributed by atoms with Crippen molar-refractivity contribution in [3.63, 3.8) is 0 Å². The molecular formula is C15H31N3O. The first-order chi connectivity index (χ1) is 9.17. The van der Waals surface area contributed by atoms with Crippen molar-refractivity contribution in [1.29, 1.82) is 0 Å². The number of nitrogens with two attached hydrogens (primary N) is 1. The van der Waals surface area contributed by atoms with Gasteiger partial charge in [0, 0.05) is 31.2 Å². The summed E-state index contributed by atoms with van der Waals surface area (Å²) in [7, 11) is 2.26. The number of likely N-dealkylation sites (tertiary alicyclic amines) is 2. The van der Waals surface area contributed by atoms with Crippen molar-refractivity contribution < 1.29 is 5.11 Å². The van der Waals surface area contributed by atoms with E-state index in [-0.39, 0.29) is 18.7 Å². The quantitative estimate of drug-likeness (QED) is 0.778. The molecule has 0 amide bonds. The number of hydrogen-bond acceptors (Lipinski definition) is 4. The normalized spacial score (nSPS) is 32.8. The van der Waals surface area contributed by atoms with E-state index >= 15 is 0 Å². The Hall–Kier alpha value is -0.160. The fraction of sp³-hybridized carbons (Fsp3) is 1.00. The first-order valence-corrected chi connectivity index (χ1v) is 7.98. The maximum Gasteiger partial charge on any atom is 0.0601 e. The van der Waals surface area contributed by atoms with Gasteiger partial charge in [0.2, 0.25) is 0 Å². The predicted octanol–water partition coefficient (Wildman–Crippen LogP) is 0.891. The summed E-state index contributed by atoms with van der Waals surface area (Å²) in [6.07, 6.45) is 6.00. The fourth-order valence-corrected chi connectivity index (χ4v) is 4.03. The molecule has 0 bridgehead atoms. The highest BCUT2D eigenvalue weighted by Crippen LogP contribution is 2.30. The molecule has 0 saturated carbocycles. The third-order valence-electron chi connectivity index (χ3n) is 5.15. The van der Waals surface area contributed by atoms with Gasteiger partial charge in [0.05, 0.1) is 6.61 Å². The lowest BCUT2D eigenvalue weighted by atomic mass is 9.83. The van der Waals surface area contributed by atoms with Gasteiger partial charge in [-0.2, -0.15) is 0 Å². The van der Waals surface area contributed by atoms with Crippen molar-refractivity contribution in [1.82, 2.24) is 9.80 Å². The van der Waals surface area contributed by atoms with Crippen LogP contribution < -0.4 is 5.73 Å². The van der Waals surface area contributed by atoms with Crippen LogP contribution in [0.25, 0.3) is 0 Å². The van der Waals surface area contributed by atoms with Crippen LogP contribution in [0.4, 0.5) is 0 Å². The maximum absolute atomic E-state index is 9.69. The molecule has 2 saturated heterocycles. The summed E-state index contributed by atoms with van der Waals surface area (Å²) >= 11 is 0. The molecule has 19 heavy (non-hydrogen) atoms. The Morgan fingerprint density at radius 1 is 1.32 bits per heavy atom. The van der Waals surface area contributed by atoms with Gasteiger partial charge in [0.1, 0.15) is 0 Å². The molecule has 2 fully saturated rings. The highest BCUT2D eigenvalue weighted by molar-refractivity contribution is 4.93. The van der Waals surface area contributed by atoms with E-state index < -0.39 is 0 Å². The van der Waals surface area contributed by atoms with Gasteiger partial charge in [-0.3, -0.25) is 4.90 Å². The van der Waals surface area contributed by atoms with Crippen LogP contribution in [-0.2, 0) is 0 Å². The number of piperidine rings is 2. The van der Waals surface area contributed by atoms with Crippen LogP contribution in [0.15, 0.2) is 0 Å². The third-order valence-corrected chi connectivity index (χ3v) is 5.15. The van der Waals surface area contributed by atoms with Crippen molar-refractivity contribution in [2.24, 2.45) is 11.7 Å². The second-order valence-corrected chi connectivity index (χ2v) is 6.44. The van der Waals surface area contributed by atoms with Crippen molar-refractivity contribution in [3.8, 4) is 0 Å². The summed E-state index contributed by atoms with van der Waals surface area (Å²) < 4.78 is 0. The van der Waals surface area contributed by atoms with Gasteiger partial charge >= 0.3 is 0 Å². The molecule has 4 heteroatoms. The Balaban J connectivity index is 1.94. The zero-order chi connectivity index (χ0) is 13.8. The maximum atomic E-state index is 9.69. The van der Waals surface area contributed by atoms with Gasteiger partial charge in [-0.25, -0.2) is 0 Å². The highest BCUT2D eigenvalue weighted by Gasteiger charge is 2.37. The SMILES string of the molecule is CCCC(N)C(CO)N1CCC2C(CCCN2C)C1. The van der Waals surface area contributed by atoms with Crippen molar-refractivity contribution in [2.75, 3.05) is 33.3 Å². The minimum absolute atomic E-state index is 0.118. The summed E-state index contributed by atoms with van der Waals surface area (Å²) in [6, 6.07) is 1.03. The van der Waals surface area contributed by atoms with Gasteiger partial charge in [-0.15, -0.1) is 0 Å². The zero-order valence-electron chi connectivity index (χ0n) is 12.6. The first-order valence-electron chi connectivity index (χ1n) is 7.98. The zero-order valence-corrected chi connectivity index (χ0v) is 12.6. The van der Waals surface area contributed by atoms with E-state index in [1.165, 1.54) is 25.8 Å². The van der Waals surface area contributed by atoms with E-state index in [0.717, 1.165) is 37.9 Å². The number of aliphatic hydroxyl groups is 1. The van der Waals surface area contributed by atoms with Crippen LogP contribution in [0.2, 0.25) is 0 Å². The molecule has 2 aliphatic heterocycles. The van der Waals surface area contributed by atoms with Crippen LogP contribution >= 0.6 is 0 Å². The summed E-state index contributed by atoms with van der Waals surface area (Å²) in [6.45, 7) is 5.83. The van der Waals surface area contributed by atoms with Gasteiger partial charge in [0.25, 0.3) is 0 Å². The van der Waals surface area contributed by atoms with E-state index in [9.17, 15) is 5.11 Å². The molecular weight excluding hydrogens is 238 g/mol. The lowest BCUT2D eigenvalue weighted by Gasteiger charge is -2.48. The molecule has 0 aromatic rings. The highest BCUT2D eigenvalue weighted by atomic mass is 16.3. The Kier molecular flexibility index (Phi) is 5.63. The van der Waals surface area contributed by atoms with Gasteiger partial charge in [0.15, 0.2) is 0 Å². The minimum atomic E-state index is 0.118. The lowest BCUT2D eigenvalue weighted by Crippen LogP contribution is -2.59. The second kappa shape index (κ2) is 7.02. The van der Waals surface area contributed by atoms with Crippen LogP contribution in [0.1, 0.15) is 39.0 Å². The minimum Gasteiger partial charge on any atom is -0.395 e. The Morgan fingerprint density at radius 2 is 2.11 bits per heavy atom. The standard InChI is InChI=1S/C15H31N3O/c1-3-5-13(16)15(11-19)18-9-7-14-12(10-18)6-4-8-17(14)2/h12-15,19H,3-11,16H2,1-2H3. The number of rotatable bonds is 5. The average Bonchev–Trinajstić information content (AvgIpc) is 2.40. The molecule has 0 aliphatic carbocycles. The third kappa shape index (κ3) is 3.48. The molecule has 4 atom stereocenters. The molecule has 2 aliphatic rings. The van der Waals surface area contributed by atoms with Gasteiger partial charge < -0.3 is 15.7 Å². The molecule has 0 spiro atoms. The first kappa shape index (κ1) is 15.2. The largest absolute Gasteiger partial charge is 0.395 e. The molecule has 3 N–H and O–H groups in total. The predicted molar refractivity (Wildman–Crippen MR) is 79.1 cm³/mol. The molecule has 112 valence electrons. The van der Waals surface area contributed by atoms with Crippen LogP contribution in [-0.4, -0.2) is 66.3 Å². The molecule has 2 heterocycles. The molecule has 2 rings (SSSR count). The lowest BCUT2D eigenvalue weighted by molar-refractivity contribution is 0.000342. The number of aliphatic hydroxyl groups excluding tert-OH is 1. The summed E-state index contributed by atoms with van der Waals surface area (Å²) in [5.74, 6) is 0.773. The second-order valence-electron chi connectivity index (χ2n) is 6.44. The topological polar surface area (TPSA) is 52.7 Å². The van der Waals surface area contributed by atoms with Gasteiger partial charge in [-0.05, 0) is 45.2 Å². The molecule has 0 aromatic carbocycles. The molecule has 0 radical (unpaired) electrons. The van der Waals surface area contributed by atoms with Crippen molar-refractivity contribution in [3.05, 3.63) is 0 Å². The average molecular weight is 269 g/mol. The summed E-state index contributed by atoms with van der Waals surface area (Å²) in [4.78, 5) is 4.99. The number of fused-ring (bicyclic) bond motifs is 1. The van der Waals surface area contributed by atoms with Crippen LogP contribution in [0.5, 0.6) is 0 Å². The van der Waals surface area contributed by atoms with Crippen molar-refractivity contribution >= 4 is 0 Å². The molecule has 0 aromatic heterocycles. The summed E-state index contributed by atoms with van der Waals surface area (Å²) in [5.41, 5.74) is 6.25. The van der Waals surface area contributed by atoms with E-state index in [4.69, 9.17) is 5.73 Å². The van der Waals surface area contributed by atoms with E-state index in [2.05, 4.69) is 23.8 Å². The monoisotopic (exact) mass is 269 g/mol. The van der Waals surface area contributed by atoms with Crippen molar-refractivity contribution in [2.45, 2.75) is 57.2 Å². The van der Waals surface area contributed by atoms with E-state index in [1.807, 2.05) is 0 Å². The Labute approximate surface area is 117 Å². The molecule has 4 nitrogen and oxygen atoms in total. The number of hydrogen-bond donors (Lipinski definition) is 2. The smallest absolute Gasteiger partial charge is 0.0601 e.